The molecule has 3 aromatic carbocycles. The summed E-state index contributed by atoms with van der Waals surface area (Å²) in [6, 6.07) is 24.7. The van der Waals surface area contributed by atoms with Gasteiger partial charge in [0.1, 0.15) is 0 Å². The van der Waals surface area contributed by atoms with Crippen molar-refractivity contribution in [2.75, 3.05) is 42.9 Å². The van der Waals surface area contributed by atoms with E-state index in [0.717, 1.165) is 29.5 Å². The predicted molar refractivity (Wildman–Crippen MR) is 132 cm³/mol. The van der Waals surface area contributed by atoms with Gasteiger partial charge in [0.25, 0.3) is 0 Å². The lowest BCUT2D eigenvalue weighted by Crippen LogP contribution is -2.50. The van der Waals surface area contributed by atoms with Gasteiger partial charge in [-0.05, 0) is 42.5 Å². The molecule has 0 spiro atoms. The zero-order valence-corrected chi connectivity index (χ0v) is 19.2. The molecule has 0 atom stereocenters. The molecule has 4 nitrogen and oxygen atoms in total. The molecule has 0 bridgehead atoms. The summed E-state index contributed by atoms with van der Waals surface area (Å²) in [5.74, 6) is 0.112. The van der Waals surface area contributed by atoms with Crippen LogP contribution < -0.4 is 10.2 Å². The Morgan fingerprint density at radius 2 is 1.39 bits per heavy atom. The monoisotopic (exact) mass is 475 g/mol. The van der Waals surface area contributed by atoms with Gasteiger partial charge >= 0.3 is 0 Å². The summed E-state index contributed by atoms with van der Waals surface area (Å²) in [6.45, 7) is 3.21. The third kappa shape index (κ3) is 7.35. The van der Waals surface area contributed by atoms with Gasteiger partial charge in [0.2, 0.25) is 5.91 Å². The molecule has 0 aromatic heterocycles. The van der Waals surface area contributed by atoms with Crippen molar-refractivity contribution in [3.05, 3.63) is 93.9 Å². The fourth-order valence-electron chi connectivity index (χ4n) is 3.19. The highest BCUT2D eigenvalue weighted by Gasteiger charge is 2.22. The van der Waals surface area contributed by atoms with E-state index in [2.05, 4.69) is 10.2 Å². The van der Waals surface area contributed by atoms with Crippen molar-refractivity contribution in [3.63, 3.8) is 0 Å². The lowest BCUT2D eigenvalue weighted by molar-refractivity contribution is -0.129. The van der Waals surface area contributed by atoms with Crippen LogP contribution in [0.3, 0.4) is 0 Å². The SMILES string of the molecule is Clc1ccccc1.O=C(CNc1ccccc1)N1CCN(c2ccc(Cl)cc2Cl)CC1. The van der Waals surface area contributed by atoms with Crippen LogP contribution in [0.15, 0.2) is 78.9 Å². The van der Waals surface area contributed by atoms with E-state index in [4.69, 9.17) is 34.8 Å². The molecule has 0 aliphatic carbocycles. The molecule has 0 radical (unpaired) electrons. The van der Waals surface area contributed by atoms with Crippen molar-refractivity contribution < 1.29 is 4.79 Å². The average Bonchev–Trinajstić information content (AvgIpc) is 2.79. The van der Waals surface area contributed by atoms with E-state index < -0.39 is 0 Å². The van der Waals surface area contributed by atoms with Gasteiger partial charge in [0.15, 0.2) is 0 Å². The Morgan fingerprint density at radius 1 is 0.774 bits per heavy atom. The van der Waals surface area contributed by atoms with Crippen molar-refractivity contribution in [1.82, 2.24) is 4.90 Å². The minimum Gasteiger partial charge on any atom is -0.376 e. The minimum absolute atomic E-state index is 0.112. The van der Waals surface area contributed by atoms with E-state index in [0.29, 0.717) is 29.7 Å². The second-order valence-electron chi connectivity index (χ2n) is 6.98. The van der Waals surface area contributed by atoms with Crippen molar-refractivity contribution in [3.8, 4) is 0 Å². The second-order valence-corrected chi connectivity index (χ2v) is 8.26. The molecule has 1 N–H and O–H groups in total. The zero-order valence-electron chi connectivity index (χ0n) is 17.0. The number of amides is 1. The lowest BCUT2D eigenvalue weighted by atomic mass is 10.2. The van der Waals surface area contributed by atoms with Crippen molar-refractivity contribution >= 4 is 52.1 Å². The Morgan fingerprint density at radius 3 is 1.94 bits per heavy atom. The molecule has 0 saturated carbocycles. The van der Waals surface area contributed by atoms with E-state index in [1.54, 1.807) is 6.07 Å². The first-order valence-corrected chi connectivity index (χ1v) is 11.1. The van der Waals surface area contributed by atoms with Gasteiger partial charge in [0, 0.05) is 41.9 Å². The van der Waals surface area contributed by atoms with Crippen LogP contribution in [0.5, 0.6) is 0 Å². The van der Waals surface area contributed by atoms with Gasteiger partial charge in [0.05, 0.1) is 17.3 Å². The number of benzene rings is 3. The Hall–Kier alpha value is -2.40. The molecule has 1 aliphatic rings. The fourth-order valence-corrected chi connectivity index (χ4v) is 3.87. The third-order valence-electron chi connectivity index (χ3n) is 4.83. The van der Waals surface area contributed by atoms with Gasteiger partial charge in [-0.2, -0.15) is 0 Å². The zero-order chi connectivity index (χ0) is 22.1. The van der Waals surface area contributed by atoms with Gasteiger partial charge in [-0.1, -0.05) is 71.2 Å². The topological polar surface area (TPSA) is 35.6 Å². The largest absolute Gasteiger partial charge is 0.376 e. The van der Waals surface area contributed by atoms with Crippen LogP contribution in [0.2, 0.25) is 15.1 Å². The van der Waals surface area contributed by atoms with Crippen LogP contribution in [-0.2, 0) is 4.79 Å². The summed E-state index contributed by atoms with van der Waals surface area (Å²) in [5.41, 5.74) is 1.92. The van der Waals surface area contributed by atoms with Crippen LogP contribution >= 0.6 is 34.8 Å². The normalized spacial score (nSPS) is 13.3. The van der Waals surface area contributed by atoms with Crippen molar-refractivity contribution in [1.29, 1.82) is 0 Å². The second kappa shape index (κ2) is 11.8. The van der Waals surface area contributed by atoms with Gasteiger partial charge in [-0.25, -0.2) is 0 Å². The Bertz CT molecular complexity index is 962. The van der Waals surface area contributed by atoms with Gasteiger partial charge in [-0.15, -0.1) is 0 Å². The molecule has 1 saturated heterocycles. The molecule has 1 aliphatic heterocycles. The fraction of sp³-hybridized carbons (Fsp3) is 0.208. The highest BCUT2D eigenvalue weighted by atomic mass is 35.5. The number of nitrogens with one attached hydrogen (secondary N) is 1. The molecule has 31 heavy (non-hydrogen) atoms. The van der Waals surface area contributed by atoms with Crippen molar-refractivity contribution in [2.24, 2.45) is 0 Å². The standard InChI is InChI=1S/C18H19Cl2N3O.C6H5Cl/c19-14-6-7-17(16(20)12-14)22-8-10-23(11-9-22)18(24)13-21-15-4-2-1-3-5-15;7-6-4-2-1-3-5-6/h1-7,12,21H,8-11,13H2;1-5H. The summed E-state index contributed by atoms with van der Waals surface area (Å²) < 4.78 is 0. The third-order valence-corrected chi connectivity index (χ3v) is 5.62. The van der Waals surface area contributed by atoms with Crippen molar-refractivity contribution in [2.45, 2.75) is 0 Å². The summed E-state index contributed by atoms with van der Waals surface area (Å²) in [6.07, 6.45) is 0. The quantitative estimate of drug-likeness (QED) is 0.494. The molecule has 162 valence electrons. The van der Waals surface area contributed by atoms with Gasteiger partial charge in [-0.3, -0.25) is 4.79 Å². The van der Waals surface area contributed by atoms with Crippen LogP contribution in [-0.4, -0.2) is 43.5 Å². The maximum Gasteiger partial charge on any atom is 0.241 e. The highest BCUT2D eigenvalue weighted by Crippen LogP contribution is 2.29. The number of rotatable bonds is 4. The van der Waals surface area contributed by atoms with Crippen LogP contribution in [0, 0.1) is 0 Å². The molecule has 1 fully saturated rings. The number of nitrogens with zero attached hydrogens (tertiary/aromatic N) is 2. The molecular weight excluding hydrogens is 453 g/mol. The average molecular weight is 477 g/mol. The van der Waals surface area contributed by atoms with Crippen LogP contribution in [0.1, 0.15) is 0 Å². The minimum atomic E-state index is 0.112. The van der Waals surface area contributed by atoms with E-state index >= 15 is 0 Å². The van der Waals surface area contributed by atoms with E-state index in [-0.39, 0.29) is 5.91 Å². The number of carbonyl (C=O) groups excluding carboxylic acids is 1. The molecule has 1 amide bonds. The maximum absolute atomic E-state index is 12.3. The van der Waals surface area contributed by atoms with E-state index in [1.807, 2.05) is 77.7 Å². The number of halogens is 3. The first-order valence-electron chi connectivity index (χ1n) is 10.00. The van der Waals surface area contributed by atoms with Crippen LogP contribution in [0.25, 0.3) is 0 Å². The number of anilines is 2. The first-order chi connectivity index (χ1) is 15.0. The number of hydrogen-bond acceptors (Lipinski definition) is 3. The summed E-state index contributed by atoms with van der Waals surface area (Å²) in [4.78, 5) is 16.4. The molecule has 3 aromatic rings. The predicted octanol–water partition coefficient (Wildman–Crippen LogP) is 6.09. The molecule has 4 rings (SSSR count). The van der Waals surface area contributed by atoms with Gasteiger partial charge < -0.3 is 15.1 Å². The smallest absolute Gasteiger partial charge is 0.241 e. The number of hydrogen-bond donors (Lipinski definition) is 1. The van der Waals surface area contributed by atoms with E-state index in [1.165, 1.54) is 0 Å². The molecule has 0 unspecified atom stereocenters. The molecular formula is C24H24Cl3N3O. The summed E-state index contributed by atoms with van der Waals surface area (Å²) in [7, 11) is 0. The van der Waals surface area contributed by atoms with Crippen LogP contribution in [0.4, 0.5) is 11.4 Å². The number of piperazine rings is 1. The number of para-hydroxylation sites is 1. The highest BCUT2D eigenvalue weighted by molar-refractivity contribution is 6.36. The Labute approximate surface area is 198 Å². The first kappa shape index (κ1) is 23.3. The molecule has 1 heterocycles. The summed E-state index contributed by atoms with van der Waals surface area (Å²) in [5, 5.41) is 5.23. The number of carbonyl (C=O) groups is 1. The Kier molecular flexibility index (Phi) is 8.89. The Balaban J connectivity index is 0.000000330. The maximum atomic E-state index is 12.3. The summed E-state index contributed by atoms with van der Waals surface area (Å²) >= 11 is 17.7. The lowest BCUT2D eigenvalue weighted by Gasteiger charge is -2.36. The molecule has 7 heteroatoms. The van der Waals surface area contributed by atoms with E-state index in [9.17, 15) is 4.79 Å².